The molecule has 0 aromatic carbocycles. The lowest BCUT2D eigenvalue weighted by Gasteiger charge is -2.18. The Kier molecular flexibility index (Phi) is 3.03. The maximum atomic E-state index is 11.7. The molecule has 2 fully saturated rings. The van der Waals surface area contributed by atoms with E-state index in [1.807, 2.05) is 0 Å². The molecule has 2 aliphatic heterocycles. The van der Waals surface area contributed by atoms with Crippen LogP contribution in [0.4, 0.5) is 0 Å². The molecule has 2 heterocycles. The van der Waals surface area contributed by atoms with E-state index < -0.39 is 0 Å². The predicted molar refractivity (Wildman–Crippen MR) is 52.9 cm³/mol. The highest BCUT2D eigenvalue weighted by Crippen LogP contribution is 2.13. The molecule has 2 saturated heterocycles. The van der Waals surface area contributed by atoms with Gasteiger partial charge in [-0.15, -0.1) is 0 Å². The van der Waals surface area contributed by atoms with Crippen LogP contribution in [0.1, 0.15) is 19.8 Å². The van der Waals surface area contributed by atoms with Gasteiger partial charge in [0.2, 0.25) is 5.91 Å². The largest absolute Gasteiger partial charge is 0.379 e. The van der Waals surface area contributed by atoms with Crippen LogP contribution in [-0.4, -0.2) is 37.7 Å². The van der Waals surface area contributed by atoms with Crippen molar-refractivity contribution in [1.82, 2.24) is 10.6 Å². The summed E-state index contributed by atoms with van der Waals surface area (Å²) >= 11 is 0. The average Bonchev–Trinajstić information content (AvgIpc) is 2.77. The molecule has 0 radical (unpaired) electrons. The molecule has 2 N–H and O–H groups in total. The third kappa shape index (κ3) is 2.07. The number of carbonyl (C=O) groups is 1. The van der Waals surface area contributed by atoms with Crippen molar-refractivity contribution in [1.29, 1.82) is 0 Å². The zero-order valence-corrected chi connectivity index (χ0v) is 8.58. The third-order valence-corrected chi connectivity index (χ3v) is 3.07. The molecule has 2 unspecified atom stereocenters. The van der Waals surface area contributed by atoms with Gasteiger partial charge in [0.1, 0.15) is 0 Å². The molecule has 2 aliphatic rings. The van der Waals surface area contributed by atoms with Gasteiger partial charge in [0, 0.05) is 5.92 Å². The van der Waals surface area contributed by atoms with Gasteiger partial charge in [0.05, 0.1) is 25.3 Å². The van der Waals surface area contributed by atoms with E-state index in [2.05, 4.69) is 17.6 Å². The van der Waals surface area contributed by atoms with E-state index in [1.54, 1.807) is 0 Å². The van der Waals surface area contributed by atoms with Crippen molar-refractivity contribution in [2.45, 2.75) is 31.8 Å². The van der Waals surface area contributed by atoms with Crippen molar-refractivity contribution in [3.63, 3.8) is 0 Å². The first-order valence-corrected chi connectivity index (χ1v) is 5.39. The number of ether oxygens (including phenoxy) is 1. The van der Waals surface area contributed by atoms with Gasteiger partial charge in [-0.3, -0.25) is 4.79 Å². The molecule has 80 valence electrons. The first-order valence-electron chi connectivity index (χ1n) is 5.39. The van der Waals surface area contributed by atoms with Crippen LogP contribution in [-0.2, 0) is 9.53 Å². The second-order valence-electron chi connectivity index (χ2n) is 4.28. The third-order valence-electron chi connectivity index (χ3n) is 3.07. The summed E-state index contributed by atoms with van der Waals surface area (Å²) in [6, 6.07) is 0.243. The Morgan fingerprint density at radius 1 is 1.50 bits per heavy atom. The molecule has 4 nitrogen and oxygen atoms in total. The van der Waals surface area contributed by atoms with Crippen molar-refractivity contribution in [3.8, 4) is 0 Å². The fraction of sp³-hybridized carbons (Fsp3) is 0.900. The molecule has 0 bridgehead atoms. The summed E-state index contributed by atoms with van der Waals surface area (Å²) in [4.78, 5) is 11.7. The summed E-state index contributed by atoms with van der Waals surface area (Å²) in [6.45, 7) is 4.51. The maximum Gasteiger partial charge on any atom is 0.237 e. The van der Waals surface area contributed by atoms with Crippen molar-refractivity contribution in [2.24, 2.45) is 5.92 Å². The van der Waals surface area contributed by atoms with E-state index in [0.717, 1.165) is 26.0 Å². The Labute approximate surface area is 84.4 Å². The fourth-order valence-corrected chi connectivity index (χ4v) is 2.04. The SMILES string of the molecule is CC1COCC1NC(=O)[C@H]1CCCN1. The predicted octanol–water partition coefficient (Wildman–Crippen LogP) is -0.110. The summed E-state index contributed by atoms with van der Waals surface area (Å²) in [5, 5.41) is 6.24. The lowest BCUT2D eigenvalue weighted by Crippen LogP contribution is -2.47. The Hall–Kier alpha value is -0.610. The fourth-order valence-electron chi connectivity index (χ4n) is 2.04. The van der Waals surface area contributed by atoms with E-state index in [-0.39, 0.29) is 18.0 Å². The summed E-state index contributed by atoms with van der Waals surface area (Å²) in [5.41, 5.74) is 0. The van der Waals surface area contributed by atoms with Crippen molar-refractivity contribution >= 4 is 5.91 Å². The van der Waals surface area contributed by atoms with Crippen LogP contribution in [0, 0.1) is 5.92 Å². The van der Waals surface area contributed by atoms with Crippen LogP contribution in [0.15, 0.2) is 0 Å². The first kappa shape index (κ1) is 9.93. The van der Waals surface area contributed by atoms with E-state index in [9.17, 15) is 4.79 Å². The molecule has 4 heteroatoms. The quantitative estimate of drug-likeness (QED) is 0.651. The van der Waals surface area contributed by atoms with Crippen LogP contribution >= 0.6 is 0 Å². The lowest BCUT2D eigenvalue weighted by molar-refractivity contribution is -0.123. The number of hydrogen-bond donors (Lipinski definition) is 2. The highest BCUT2D eigenvalue weighted by atomic mass is 16.5. The number of amides is 1. The topological polar surface area (TPSA) is 50.4 Å². The second kappa shape index (κ2) is 4.28. The molecule has 0 aliphatic carbocycles. The number of rotatable bonds is 2. The highest BCUT2D eigenvalue weighted by molar-refractivity contribution is 5.82. The molecular weight excluding hydrogens is 180 g/mol. The van der Waals surface area contributed by atoms with E-state index in [1.165, 1.54) is 0 Å². The second-order valence-corrected chi connectivity index (χ2v) is 4.28. The Bertz CT molecular complexity index is 214. The molecule has 0 spiro atoms. The minimum absolute atomic E-state index is 0.0304. The van der Waals surface area contributed by atoms with Gasteiger partial charge in [-0.05, 0) is 19.4 Å². The molecule has 3 atom stereocenters. The molecule has 0 aromatic heterocycles. The van der Waals surface area contributed by atoms with Gasteiger partial charge in [0.25, 0.3) is 0 Å². The Balaban J connectivity index is 1.81. The van der Waals surface area contributed by atoms with E-state index in [0.29, 0.717) is 12.5 Å². The molecule has 0 aromatic rings. The normalized spacial score (nSPS) is 37.4. The molecular formula is C10H18N2O2. The van der Waals surface area contributed by atoms with Gasteiger partial charge in [-0.25, -0.2) is 0 Å². The minimum atomic E-state index is 0.0304. The average molecular weight is 198 g/mol. The summed E-state index contributed by atoms with van der Waals surface area (Å²) in [5.74, 6) is 0.588. The number of carbonyl (C=O) groups excluding carboxylic acids is 1. The number of hydrogen-bond acceptors (Lipinski definition) is 3. The van der Waals surface area contributed by atoms with Gasteiger partial charge in [-0.2, -0.15) is 0 Å². The van der Waals surface area contributed by atoms with Crippen molar-refractivity contribution in [2.75, 3.05) is 19.8 Å². The summed E-state index contributed by atoms with van der Waals surface area (Å²) in [6.07, 6.45) is 2.07. The van der Waals surface area contributed by atoms with Crippen molar-refractivity contribution in [3.05, 3.63) is 0 Å². The summed E-state index contributed by atoms with van der Waals surface area (Å²) in [7, 11) is 0. The summed E-state index contributed by atoms with van der Waals surface area (Å²) < 4.78 is 5.30. The molecule has 14 heavy (non-hydrogen) atoms. The van der Waals surface area contributed by atoms with Crippen molar-refractivity contribution < 1.29 is 9.53 Å². The lowest BCUT2D eigenvalue weighted by atomic mass is 10.1. The van der Waals surface area contributed by atoms with E-state index >= 15 is 0 Å². The maximum absolute atomic E-state index is 11.7. The van der Waals surface area contributed by atoms with Gasteiger partial charge < -0.3 is 15.4 Å². The minimum Gasteiger partial charge on any atom is -0.379 e. The molecule has 0 saturated carbocycles. The van der Waals surface area contributed by atoms with Crippen LogP contribution in [0.5, 0.6) is 0 Å². The van der Waals surface area contributed by atoms with Crippen LogP contribution in [0.2, 0.25) is 0 Å². The first-order chi connectivity index (χ1) is 6.77. The highest BCUT2D eigenvalue weighted by Gasteiger charge is 2.29. The van der Waals surface area contributed by atoms with Crippen LogP contribution in [0.25, 0.3) is 0 Å². The number of nitrogens with one attached hydrogen (secondary N) is 2. The van der Waals surface area contributed by atoms with Gasteiger partial charge >= 0.3 is 0 Å². The zero-order valence-electron chi connectivity index (χ0n) is 8.58. The van der Waals surface area contributed by atoms with Gasteiger partial charge in [0.15, 0.2) is 0 Å². The monoisotopic (exact) mass is 198 g/mol. The van der Waals surface area contributed by atoms with Crippen LogP contribution in [0.3, 0.4) is 0 Å². The zero-order chi connectivity index (χ0) is 9.97. The molecule has 1 amide bonds. The van der Waals surface area contributed by atoms with Crippen LogP contribution < -0.4 is 10.6 Å². The van der Waals surface area contributed by atoms with E-state index in [4.69, 9.17) is 4.74 Å². The van der Waals surface area contributed by atoms with Gasteiger partial charge in [-0.1, -0.05) is 6.92 Å². The Morgan fingerprint density at radius 2 is 2.36 bits per heavy atom. The Morgan fingerprint density at radius 3 is 2.93 bits per heavy atom. The molecule has 2 rings (SSSR count). The smallest absolute Gasteiger partial charge is 0.237 e. The standard InChI is InChI=1S/C10H18N2O2/c1-7-5-14-6-9(7)12-10(13)8-3-2-4-11-8/h7-9,11H,2-6H2,1H3,(H,12,13)/t7?,8-,9?/m1/s1.